The Morgan fingerprint density at radius 1 is 1.47 bits per heavy atom. The first-order valence-electron chi connectivity index (χ1n) is 5.52. The van der Waals surface area contributed by atoms with Crippen LogP contribution >= 0.6 is 11.5 Å². The zero-order valence-electron chi connectivity index (χ0n) is 9.19. The van der Waals surface area contributed by atoms with Crippen LogP contribution in [0.5, 0.6) is 0 Å². The summed E-state index contributed by atoms with van der Waals surface area (Å²) >= 11 is 1.45. The van der Waals surface area contributed by atoms with E-state index in [1.165, 1.54) is 11.5 Å². The van der Waals surface area contributed by atoms with Gasteiger partial charge >= 0.3 is 0 Å². The van der Waals surface area contributed by atoms with Crippen LogP contribution in [0.3, 0.4) is 0 Å². The van der Waals surface area contributed by atoms with Gasteiger partial charge < -0.3 is 10.1 Å². The van der Waals surface area contributed by atoms with Crippen molar-refractivity contribution in [3.05, 3.63) is 5.82 Å². The Balaban J connectivity index is 1.75. The number of rotatable bonds is 5. The summed E-state index contributed by atoms with van der Waals surface area (Å²) in [6, 6.07) is 0.527. The molecule has 84 valence electrons. The molecule has 4 nitrogen and oxygen atoms in total. The number of nitrogens with zero attached hydrogens (tertiary/aromatic N) is 2. The second-order valence-corrected chi connectivity index (χ2v) is 4.51. The highest BCUT2D eigenvalue weighted by Gasteiger charge is 2.29. The highest BCUT2D eigenvalue weighted by molar-refractivity contribution is 7.09. The molecule has 1 N–H and O–H groups in total. The van der Waals surface area contributed by atoms with Crippen LogP contribution < -0.4 is 5.32 Å². The SMILES string of the molecule is CCOC1CC(Nc2nc(CC)ns2)C1. The Morgan fingerprint density at radius 2 is 2.27 bits per heavy atom. The van der Waals surface area contributed by atoms with Crippen LogP contribution in [-0.2, 0) is 11.2 Å². The molecule has 5 heteroatoms. The molecule has 1 saturated carbocycles. The zero-order chi connectivity index (χ0) is 10.7. The van der Waals surface area contributed by atoms with Gasteiger partial charge in [-0.25, -0.2) is 4.98 Å². The molecular weight excluding hydrogens is 210 g/mol. The lowest BCUT2D eigenvalue weighted by Gasteiger charge is -2.35. The minimum atomic E-state index is 0.450. The van der Waals surface area contributed by atoms with Crippen molar-refractivity contribution in [2.45, 2.75) is 45.3 Å². The number of aryl methyl sites for hydroxylation is 1. The van der Waals surface area contributed by atoms with Gasteiger partial charge in [-0.1, -0.05) is 6.92 Å². The summed E-state index contributed by atoms with van der Waals surface area (Å²) in [5, 5.41) is 4.34. The summed E-state index contributed by atoms with van der Waals surface area (Å²) in [6.45, 7) is 4.93. The van der Waals surface area contributed by atoms with E-state index in [0.29, 0.717) is 12.1 Å². The van der Waals surface area contributed by atoms with Gasteiger partial charge in [-0.05, 0) is 19.8 Å². The maximum Gasteiger partial charge on any atom is 0.202 e. The summed E-state index contributed by atoms with van der Waals surface area (Å²) in [5.74, 6) is 0.934. The smallest absolute Gasteiger partial charge is 0.202 e. The molecule has 0 unspecified atom stereocenters. The molecule has 1 heterocycles. The Hall–Kier alpha value is -0.680. The first kappa shape index (κ1) is 10.8. The van der Waals surface area contributed by atoms with E-state index in [1.54, 1.807) is 0 Å². The van der Waals surface area contributed by atoms with E-state index < -0.39 is 0 Å². The first-order chi connectivity index (χ1) is 7.31. The van der Waals surface area contributed by atoms with Gasteiger partial charge in [-0.3, -0.25) is 0 Å². The molecule has 1 aromatic heterocycles. The quantitative estimate of drug-likeness (QED) is 0.836. The molecule has 0 aromatic carbocycles. The number of ether oxygens (including phenoxy) is 1. The first-order valence-corrected chi connectivity index (χ1v) is 6.29. The van der Waals surface area contributed by atoms with Crippen molar-refractivity contribution in [2.75, 3.05) is 11.9 Å². The van der Waals surface area contributed by atoms with Crippen molar-refractivity contribution in [2.24, 2.45) is 0 Å². The highest BCUT2D eigenvalue weighted by atomic mass is 32.1. The van der Waals surface area contributed by atoms with Gasteiger partial charge in [-0.2, -0.15) is 4.37 Å². The highest BCUT2D eigenvalue weighted by Crippen LogP contribution is 2.27. The van der Waals surface area contributed by atoms with Gasteiger partial charge in [0.1, 0.15) is 5.82 Å². The average Bonchev–Trinajstić information content (AvgIpc) is 2.62. The average molecular weight is 227 g/mol. The number of hydrogen-bond donors (Lipinski definition) is 1. The Labute approximate surface area is 94.2 Å². The van der Waals surface area contributed by atoms with Gasteiger partial charge in [0.2, 0.25) is 5.13 Å². The molecule has 0 radical (unpaired) electrons. The minimum Gasteiger partial charge on any atom is -0.378 e. The van der Waals surface area contributed by atoms with Crippen LogP contribution in [-0.4, -0.2) is 28.1 Å². The van der Waals surface area contributed by atoms with E-state index in [0.717, 1.165) is 36.8 Å². The predicted molar refractivity (Wildman–Crippen MR) is 61.3 cm³/mol. The monoisotopic (exact) mass is 227 g/mol. The van der Waals surface area contributed by atoms with Crippen LogP contribution in [0.4, 0.5) is 5.13 Å². The number of anilines is 1. The summed E-state index contributed by atoms with van der Waals surface area (Å²) < 4.78 is 9.74. The van der Waals surface area contributed by atoms with Crippen molar-refractivity contribution < 1.29 is 4.74 Å². The third kappa shape index (κ3) is 2.66. The molecule has 1 fully saturated rings. The van der Waals surface area contributed by atoms with Crippen molar-refractivity contribution in [3.63, 3.8) is 0 Å². The second-order valence-electron chi connectivity index (χ2n) is 3.76. The summed E-state index contributed by atoms with van der Waals surface area (Å²) in [6.07, 6.45) is 3.54. The fraction of sp³-hybridized carbons (Fsp3) is 0.800. The molecule has 0 spiro atoms. The lowest BCUT2D eigenvalue weighted by atomic mass is 9.89. The topological polar surface area (TPSA) is 47.0 Å². The lowest BCUT2D eigenvalue weighted by Crippen LogP contribution is -2.40. The van der Waals surface area contributed by atoms with Crippen molar-refractivity contribution in [3.8, 4) is 0 Å². The van der Waals surface area contributed by atoms with Gasteiger partial charge in [0.05, 0.1) is 6.10 Å². The molecular formula is C10H17N3OS. The Morgan fingerprint density at radius 3 is 2.87 bits per heavy atom. The number of aromatic nitrogens is 2. The van der Waals surface area contributed by atoms with E-state index >= 15 is 0 Å². The molecule has 15 heavy (non-hydrogen) atoms. The van der Waals surface area contributed by atoms with E-state index in [4.69, 9.17) is 4.74 Å². The van der Waals surface area contributed by atoms with Crippen LogP contribution in [0.1, 0.15) is 32.5 Å². The van der Waals surface area contributed by atoms with Gasteiger partial charge in [0, 0.05) is 30.6 Å². The largest absolute Gasteiger partial charge is 0.378 e. The number of nitrogens with one attached hydrogen (secondary N) is 1. The van der Waals surface area contributed by atoms with E-state index in [-0.39, 0.29) is 0 Å². The number of hydrogen-bond acceptors (Lipinski definition) is 5. The fourth-order valence-corrected chi connectivity index (χ4v) is 2.41. The normalized spacial score (nSPS) is 24.9. The van der Waals surface area contributed by atoms with Gasteiger partial charge in [0.15, 0.2) is 0 Å². The Bertz CT molecular complexity index is 309. The summed E-state index contributed by atoms with van der Waals surface area (Å²) in [5.41, 5.74) is 0. The van der Waals surface area contributed by atoms with Crippen LogP contribution in [0.25, 0.3) is 0 Å². The fourth-order valence-electron chi connectivity index (χ4n) is 1.69. The minimum absolute atomic E-state index is 0.450. The summed E-state index contributed by atoms with van der Waals surface area (Å²) in [7, 11) is 0. The van der Waals surface area contributed by atoms with E-state index in [2.05, 4.69) is 21.6 Å². The van der Waals surface area contributed by atoms with Crippen molar-refractivity contribution in [1.29, 1.82) is 0 Å². The molecule has 0 saturated heterocycles. The molecule has 2 rings (SSSR count). The van der Waals surface area contributed by atoms with Gasteiger partial charge in [0.25, 0.3) is 0 Å². The molecule has 0 atom stereocenters. The predicted octanol–water partition coefficient (Wildman–Crippen LogP) is 2.08. The third-order valence-electron chi connectivity index (χ3n) is 2.61. The molecule has 1 aromatic rings. The molecule has 1 aliphatic carbocycles. The maximum absolute atomic E-state index is 5.50. The summed E-state index contributed by atoms with van der Waals surface area (Å²) in [4.78, 5) is 4.38. The van der Waals surface area contributed by atoms with E-state index in [9.17, 15) is 0 Å². The molecule has 0 bridgehead atoms. The third-order valence-corrected chi connectivity index (χ3v) is 3.29. The lowest BCUT2D eigenvalue weighted by molar-refractivity contribution is 0.00299. The maximum atomic E-state index is 5.50. The molecule has 1 aliphatic rings. The van der Waals surface area contributed by atoms with E-state index in [1.807, 2.05) is 6.92 Å². The molecule has 0 amide bonds. The zero-order valence-corrected chi connectivity index (χ0v) is 10.0. The van der Waals surface area contributed by atoms with Crippen molar-refractivity contribution in [1.82, 2.24) is 9.36 Å². The van der Waals surface area contributed by atoms with Crippen LogP contribution in [0.2, 0.25) is 0 Å². The van der Waals surface area contributed by atoms with Gasteiger partial charge in [-0.15, -0.1) is 0 Å². The van der Waals surface area contributed by atoms with Crippen LogP contribution in [0, 0.1) is 0 Å². The Kier molecular flexibility index (Phi) is 3.53. The standard InChI is InChI=1S/C10H17N3OS/c1-3-9-12-10(15-13-9)11-7-5-8(6-7)14-4-2/h7-8H,3-6H2,1-2H3,(H,11,12,13). The molecule has 0 aliphatic heterocycles. The second kappa shape index (κ2) is 4.90. The van der Waals surface area contributed by atoms with Crippen LogP contribution in [0.15, 0.2) is 0 Å². The van der Waals surface area contributed by atoms with Crippen molar-refractivity contribution >= 4 is 16.7 Å².